The largest absolute Gasteiger partial charge is 0.356 e. The van der Waals surface area contributed by atoms with Crippen LogP contribution < -0.4 is 4.84 Å². The highest BCUT2D eigenvalue weighted by molar-refractivity contribution is 6.22. The van der Waals surface area contributed by atoms with Crippen LogP contribution in [0.25, 0.3) is 11.3 Å². The average molecular weight is 323 g/mol. The number of rotatable bonds is 2. The van der Waals surface area contributed by atoms with E-state index in [1.54, 1.807) is 12.1 Å². The number of nitrogens with zero attached hydrogens (tertiary/aromatic N) is 5. The Hall–Kier alpha value is -4.03. The predicted octanol–water partition coefficient (Wildman–Crippen LogP) is 3.03. The summed E-state index contributed by atoms with van der Waals surface area (Å²) in [5, 5.41) is 22.6. The van der Waals surface area contributed by atoms with E-state index in [1.165, 1.54) is 0 Å². The number of hydrogen-bond donors (Lipinski definition) is 0. The number of para-hydroxylation sites is 1. The summed E-state index contributed by atoms with van der Waals surface area (Å²) in [5.74, 6) is 0.586. The van der Waals surface area contributed by atoms with Crippen molar-refractivity contribution in [2.45, 2.75) is 0 Å². The van der Waals surface area contributed by atoms with E-state index in [1.807, 2.05) is 54.6 Å². The molecule has 1 aliphatic carbocycles. The first-order chi connectivity index (χ1) is 12.3. The van der Waals surface area contributed by atoms with Crippen molar-refractivity contribution in [3.63, 3.8) is 0 Å². The van der Waals surface area contributed by atoms with Crippen LogP contribution in [0.2, 0.25) is 0 Å². The number of hydrogen-bond acceptors (Lipinski definition) is 6. The lowest BCUT2D eigenvalue weighted by molar-refractivity contribution is 0.342. The standard InChI is InChI=1S/C19H9N5O/c20-10-15-16(11-21)23-19-17(22-15)13-8-4-5-9-14(13)18(19)24-25-12-6-2-1-3-7-12/h1-9H. The molecule has 4 rings (SSSR count). The summed E-state index contributed by atoms with van der Waals surface area (Å²) < 4.78 is 0. The van der Waals surface area contributed by atoms with Crippen molar-refractivity contribution >= 4 is 5.71 Å². The third-order valence-corrected chi connectivity index (χ3v) is 3.75. The molecule has 1 heterocycles. The fourth-order valence-corrected chi connectivity index (χ4v) is 2.64. The molecule has 25 heavy (non-hydrogen) atoms. The lowest BCUT2D eigenvalue weighted by Gasteiger charge is -2.02. The first-order valence-corrected chi connectivity index (χ1v) is 7.44. The van der Waals surface area contributed by atoms with Gasteiger partial charge >= 0.3 is 0 Å². The SMILES string of the molecule is N#Cc1nc2c(nc1C#N)-c1ccccc1C2=NOc1ccccc1. The summed E-state index contributed by atoms with van der Waals surface area (Å²) in [6.45, 7) is 0. The van der Waals surface area contributed by atoms with Crippen molar-refractivity contribution in [3.8, 4) is 29.1 Å². The van der Waals surface area contributed by atoms with Crippen molar-refractivity contribution in [1.82, 2.24) is 9.97 Å². The summed E-state index contributed by atoms with van der Waals surface area (Å²) in [5.41, 5.74) is 3.04. The van der Waals surface area contributed by atoms with Crippen LogP contribution in [-0.4, -0.2) is 15.7 Å². The first kappa shape index (κ1) is 14.6. The lowest BCUT2D eigenvalue weighted by atomic mass is 10.1. The molecule has 0 bridgehead atoms. The van der Waals surface area contributed by atoms with E-state index in [0.29, 0.717) is 22.8 Å². The van der Waals surface area contributed by atoms with Crippen molar-refractivity contribution in [3.05, 3.63) is 77.2 Å². The van der Waals surface area contributed by atoms with Crippen LogP contribution in [0.1, 0.15) is 22.6 Å². The first-order valence-electron chi connectivity index (χ1n) is 7.44. The summed E-state index contributed by atoms with van der Waals surface area (Å²) >= 11 is 0. The Bertz CT molecular complexity index is 1090. The third kappa shape index (κ3) is 2.39. The molecule has 6 nitrogen and oxygen atoms in total. The highest BCUT2D eigenvalue weighted by Gasteiger charge is 2.30. The van der Waals surface area contributed by atoms with Crippen LogP contribution in [0.5, 0.6) is 5.75 Å². The Labute approximate surface area is 143 Å². The Morgan fingerprint density at radius 3 is 2.04 bits per heavy atom. The van der Waals surface area contributed by atoms with Gasteiger partial charge in [-0.25, -0.2) is 9.97 Å². The number of nitriles is 2. The third-order valence-electron chi connectivity index (χ3n) is 3.75. The maximum Gasteiger partial charge on any atom is 0.177 e. The molecule has 0 N–H and O–H groups in total. The molecule has 0 radical (unpaired) electrons. The van der Waals surface area contributed by atoms with Gasteiger partial charge in [-0.05, 0) is 12.1 Å². The van der Waals surface area contributed by atoms with Gasteiger partial charge in [-0.2, -0.15) is 10.5 Å². The summed E-state index contributed by atoms with van der Waals surface area (Å²) in [6, 6.07) is 20.5. The van der Waals surface area contributed by atoms with Crippen molar-refractivity contribution < 1.29 is 4.84 Å². The molecule has 0 unspecified atom stereocenters. The van der Waals surface area contributed by atoms with Gasteiger partial charge in [0.25, 0.3) is 0 Å². The second-order valence-electron chi connectivity index (χ2n) is 5.23. The Morgan fingerprint density at radius 2 is 1.36 bits per heavy atom. The molecule has 0 saturated carbocycles. The van der Waals surface area contributed by atoms with Gasteiger partial charge in [0.05, 0.1) is 0 Å². The van der Waals surface area contributed by atoms with E-state index in [4.69, 9.17) is 4.84 Å². The number of aromatic nitrogens is 2. The van der Waals surface area contributed by atoms with E-state index in [9.17, 15) is 10.5 Å². The zero-order chi connectivity index (χ0) is 17.2. The van der Waals surface area contributed by atoms with Gasteiger partial charge in [-0.3, -0.25) is 0 Å². The molecule has 116 valence electrons. The van der Waals surface area contributed by atoms with Gasteiger partial charge in [0.1, 0.15) is 29.2 Å². The van der Waals surface area contributed by atoms with Gasteiger partial charge in [-0.15, -0.1) is 0 Å². The zero-order valence-electron chi connectivity index (χ0n) is 12.8. The molecule has 3 aromatic rings. The fraction of sp³-hybridized carbons (Fsp3) is 0. The topological polar surface area (TPSA) is 95.0 Å². The predicted molar refractivity (Wildman–Crippen MR) is 89.6 cm³/mol. The highest BCUT2D eigenvalue weighted by Crippen LogP contribution is 2.35. The molecule has 1 aliphatic rings. The Kier molecular flexibility index (Phi) is 3.42. The molecule has 0 saturated heterocycles. The molecule has 6 heteroatoms. The molecule has 0 spiro atoms. The zero-order valence-corrected chi connectivity index (χ0v) is 12.8. The van der Waals surface area contributed by atoms with Crippen LogP contribution in [0.4, 0.5) is 0 Å². The minimum atomic E-state index is -0.0264. The monoisotopic (exact) mass is 323 g/mol. The van der Waals surface area contributed by atoms with E-state index in [2.05, 4.69) is 15.1 Å². The second-order valence-corrected chi connectivity index (χ2v) is 5.23. The average Bonchev–Trinajstić information content (AvgIpc) is 2.98. The minimum Gasteiger partial charge on any atom is -0.356 e. The number of benzene rings is 2. The maximum atomic E-state index is 9.22. The van der Waals surface area contributed by atoms with Crippen LogP contribution in [0, 0.1) is 22.7 Å². The summed E-state index contributed by atoms with van der Waals surface area (Å²) in [6.07, 6.45) is 0. The number of oxime groups is 1. The molecular formula is C19H9N5O. The summed E-state index contributed by atoms with van der Waals surface area (Å²) in [4.78, 5) is 14.1. The Morgan fingerprint density at radius 1 is 0.760 bits per heavy atom. The van der Waals surface area contributed by atoms with E-state index in [0.717, 1.165) is 11.1 Å². The Balaban J connectivity index is 1.89. The van der Waals surface area contributed by atoms with Crippen molar-refractivity contribution in [1.29, 1.82) is 10.5 Å². The minimum absolute atomic E-state index is 0.00119. The molecule has 2 aromatic carbocycles. The van der Waals surface area contributed by atoms with Crippen LogP contribution >= 0.6 is 0 Å². The molecule has 1 aromatic heterocycles. The van der Waals surface area contributed by atoms with Gasteiger partial charge < -0.3 is 4.84 Å². The second kappa shape index (κ2) is 5.88. The van der Waals surface area contributed by atoms with Gasteiger partial charge in [0.2, 0.25) is 0 Å². The molecule has 0 atom stereocenters. The number of fused-ring (bicyclic) bond motifs is 3. The van der Waals surface area contributed by atoms with Gasteiger partial charge in [-0.1, -0.05) is 47.6 Å². The molecular weight excluding hydrogens is 314 g/mol. The van der Waals surface area contributed by atoms with Crippen LogP contribution in [0.15, 0.2) is 59.8 Å². The molecule has 0 amide bonds. The van der Waals surface area contributed by atoms with Crippen LogP contribution in [-0.2, 0) is 0 Å². The maximum absolute atomic E-state index is 9.22. The van der Waals surface area contributed by atoms with Crippen molar-refractivity contribution in [2.24, 2.45) is 5.16 Å². The van der Waals surface area contributed by atoms with Crippen molar-refractivity contribution in [2.75, 3.05) is 0 Å². The van der Waals surface area contributed by atoms with E-state index in [-0.39, 0.29) is 11.4 Å². The highest BCUT2D eigenvalue weighted by atomic mass is 16.6. The fourth-order valence-electron chi connectivity index (χ4n) is 2.64. The molecule has 0 fully saturated rings. The smallest absolute Gasteiger partial charge is 0.177 e. The lowest BCUT2D eigenvalue weighted by Crippen LogP contribution is -2.07. The molecule has 0 aliphatic heterocycles. The van der Waals surface area contributed by atoms with Gasteiger partial charge in [0.15, 0.2) is 17.1 Å². The van der Waals surface area contributed by atoms with Gasteiger partial charge in [0, 0.05) is 11.1 Å². The van der Waals surface area contributed by atoms with E-state index < -0.39 is 0 Å². The normalized spacial score (nSPS) is 12.8. The van der Waals surface area contributed by atoms with Crippen LogP contribution in [0.3, 0.4) is 0 Å². The summed E-state index contributed by atoms with van der Waals surface area (Å²) in [7, 11) is 0. The van der Waals surface area contributed by atoms with E-state index >= 15 is 0 Å². The quantitative estimate of drug-likeness (QED) is 0.528.